The Morgan fingerprint density at radius 1 is 1.19 bits per heavy atom. The van der Waals surface area contributed by atoms with Crippen LogP contribution in [0, 0.1) is 11.3 Å². The van der Waals surface area contributed by atoms with Crippen LogP contribution < -0.4 is 5.73 Å². The summed E-state index contributed by atoms with van der Waals surface area (Å²) in [7, 11) is 0. The average Bonchev–Trinajstić information content (AvgIpc) is 3.24. The molecule has 126 valence electrons. The minimum Gasteiger partial charge on any atom is -0.504 e. The number of H-pyrrole nitrogens is 2. The molecule has 0 unspecified atom stereocenters. The number of amides is 1. The van der Waals surface area contributed by atoms with Gasteiger partial charge < -0.3 is 15.8 Å². The number of aromatic hydroxyl groups is 1. The van der Waals surface area contributed by atoms with Gasteiger partial charge in [0, 0.05) is 11.1 Å². The molecule has 0 spiro atoms. The molecule has 0 radical (unpaired) electrons. The number of nitrogens with one attached hydrogen (secondary N) is 2. The van der Waals surface area contributed by atoms with Crippen molar-refractivity contribution in [3.8, 4) is 34.6 Å². The Balaban J connectivity index is 1.77. The highest BCUT2D eigenvalue weighted by Gasteiger charge is 2.18. The lowest BCUT2D eigenvalue weighted by molar-refractivity contribution is 0.100. The topological polar surface area (TPSA) is 144 Å². The van der Waals surface area contributed by atoms with Gasteiger partial charge >= 0.3 is 0 Å². The van der Waals surface area contributed by atoms with Gasteiger partial charge in [0.2, 0.25) is 5.91 Å². The third-order valence-electron chi connectivity index (χ3n) is 4.03. The maximum absolute atomic E-state index is 11.3. The van der Waals surface area contributed by atoms with Gasteiger partial charge in [-0.25, -0.2) is 4.98 Å². The predicted molar refractivity (Wildman–Crippen MR) is 94.0 cm³/mol. The van der Waals surface area contributed by atoms with Gasteiger partial charge in [0.1, 0.15) is 11.4 Å². The van der Waals surface area contributed by atoms with E-state index in [0.717, 1.165) is 0 Å². The number of hydrogen-bond donors (Lipinski definition) is 4. The molecular weight excluding hydrogens is 332 g/mol. The number of nitrogens with two attached hydrogens (primary N) is 1. The van der Waals surface area contributed by atoms with E-state index in [2.05, 4.69) is 20.2 Å². The predicted octanol–water partition coefficient (Wildman–Crippen LogP) is 2.30. The molecule has 0 bridgehead atoms. The number of carbonyl (C=O) groups excluding carboxylic acids is 1. The zero-order valence-electron chi connectivity index (χ0n) is 13.3. The standard InChI is InChI=1S/C18H12N6O2/c19-8-9-1-3-10(4-2-9)14-16(25)15(24-23-14)18-21-12-6-5-11(17(20)26)7-13(12)22-18/h1-7,25H,(H2,20,26)(H,21,22)(H,23,24). The molecule has 8 heteroatoms. The van der Waals surface area contributed by atoms with Crippen LogP contribution in [0.1, 0.15) is 15.9 Å². The highest BCUT2D eigenvalue weighted by atomic mass is 16.3. The Morgan fingerprint density at radius 2 is 1.96 bits per heavy atom. The van der Waals surface area contributed by atoms with Gasteiger partial charge in [-0.15, -0.1) is 0 Å². The number of primary amides is 1. The van der Waals surface area contributed by atoms with E-state index in [0.29, 0.717) is 44.9 Å². The van der Waals surface area contributed by atoms with Crippen LogP contribution >= 0.6 is 0 Å². The summed E-state index contributed by atoms with van der Waals surface area (Å²) < 4.78 is 0. The number of benzene rings is 2. The van der Waals surface area contributed by atoms with Crippen LogP contribution in [0.2, 0.25) is 0 Å². The molecule has 0 atom stereocenters. The molecule has 2 aromatic carbocycles. The second-order valence-electron chi connectivity index (χ2n) is 5.67. The summed E-state index contributed by atoms with van der Waals surface area (Å²) in [4.78, 5) is 18.7. The number of carbonyl (C=O) groups is 1. The van der Waals surface area contributed by atoms with E-state index in [1.807, 2.05) is 6.07 Å². The summed E-state index contributed by atoms with van der Waals surface area (Å²) in [6.45, 7) is 0. The molecular formula is C18H12N6O2. The molecule has 0 aliphatic rings. The SMILES string of the molecule is N#Cc1ccc(-c2n[nH]c(-c3nc4ccc(C(N)=O)cc4[nH]3)c2O)cc1. The van der Waals surface area contributed by atoms with Gasteiger partial charge in [-0.1, -0.05) is 12.1 Å². The number of aromatic amines is 2. The monoisotopic (exact) mass is 344 g/mol. The van der Waals surface area contributed by atoms with E-state index in [-0.39, 0.29) is 5.75 Å². The fraction of sp³-hybridized carbons (Fsp3) is 0. The van der Waals surface area contributed by atoms with Gasteiger partial charge in [-0.2, -0.15) is 10.4 Å². The summed E-state index contributed by atoms with van der Waals surface area (Å²) in [5.41, 5.74) is 8.74. The number of hydrogen-bond acceptors (Lipinski definition) is 5. The molecule has 4 rings (SSSR count). The minimum atomic E-state index is -0.532. The Labute approximate surface area is 146 Å². The first-order chi connectivity index (χ1) is 12.6. The molecule has 0 saturated heterocycles. The number of imidazole rings is 1. The van der Waals surface area contributed by atoms with Gasteiger partial charge in [0.05, 0.1) is 22.7 Å². The van der Waals surface area contributed by atoms with E-state index in [1.54, 1.807) is 42.5 Å². The molecule has 8 nitrogen and oxygen atoms in total. The summed E-state index contributed by atoms with van der Waals surface area (Å²) in [6, 6.07) is 13.6. The van der Waals surface area contributed by atoms with Crippen molar-refractivity contribution in [1.82, 2.24) is 20.2 Å². The number of rotatable bonds is 3. The van der Waals surface area contributed by atoms with E-state index >= 15 is 0 Å². The van der Waals surface area contributed by atoms with Crippen molar-refractivity contribution in [3.05, 3.63) is 53.6 Å². The first kappa shape index (κ1) is 15.4. The van der Waals surface area contributed by atoms with Gasteiger partial charge in [0.25, 0.3) is 0 Å². The Hall–Kier alpha value is -4.12. The molecule has 5 N–H and O–H groups in total. The second-order valence-corrected chi connectivity index (χ2v) is 5.67. The van der Waals surface area contributed by atoms with Crippen LogP contribution in [0.3, 0.4) is 0 Å². The van der Waals surface area contributed by atoms with E-state index in [9.17, 15) is 9.90 Å². The van der Waals surface area contributed by atoms with Crippen molar-refractivity contribution in [1.29, 1.82) is 5.26 Å². The van der Waals surface area contributed by atoms with Crippen molar-refractivity contribution in [2.45, 2.75) is 0 Å². The van der Waals surface area contributed by atoms with Crippen molar-refractivity contribution >= 4 is 16.9 Å². The van der Waals surface area contributed by atoms with Crippen LogP contribution in [0.15, 0.2) is 42.5 Å². The quantitative estimate of drug-likeness (QED) is 0.450. The number of nitriles is 1. The molecule has 1 amide bonds. The van der Waals surface area contributed by atoms with Crippen molar-refractivity contribution in [2.24, 2.45) is 5.73 Å². The molecule has 4 aromatic rings. The van der Waals surface area contributed by atoms with Crippen molar-refractivity contribution in [3.63, 3.8) is 0 Å². The summed E-state index contributed by atoms with van der Waals surface area (Å²) in [5.74, 6) is -0.217. The lowest BCUT2D eigenvalue weighted by Crippen LogP contribution is -2.10. The molecule has 0 aliphatic carbocycles. The fourth-order valence-electron chi connectivity index (χ4n) is 2.69. The van der Waals surface area contributed by atoms with Crippen LogP contribution in [0.5, 0.6) is 5.75 Å². The van der Waals surface area contributed by atoms with E-state index in [4.69, 9.17) is 11.0 Å². The second kappa shape index (κ2) is 5.75. The fourth-order valence-corrected chi connectivity index (χ4v) is 2.69. The third kappa shape index (κ3) is 2.44. The first-order valence-electron chi connectivity index (χ1n) is 7.64. The molecule has 2 aromatic heterocycles. The smallest absolute Gasteiger partial charge is 0.248 e. The number of aromatic nitrogens is 4. The largest absolute Gasteiger partial charge is 0.504 e. The average molecular weight is 344 g/mol. The van der Waals surface area contributed by atoms with E-state index in [1.165, 1.54) is 0 Å². The Kier molecular flexibility index (Phi) is 3.41. The molecule has 26 heavy (non-hydrogen) atoms. The zero-order valence-corrected chi connectivity index (χ0v) is 13.3. The highest BCUT2D eigenvalue weighted by molar-refractivity contribution is 5.96. The minimum absolute atomic E-state index is 0.0658. The normalized spacial score (nSPS) is 10.7. The zero-order chi connectivity index (χ0) is 18.3. The van der Waals surface area contributed by atoms with Gasteiger partial charge in [-0.3, -0.25) is 9.89 Å². The highest BCUT2D eigenvalue weighted by Crippen LogP contribution is 2.35. The van der Waals surface area contributed by atoms with Crippen LogP contribution in [-0.4, -0.2) is 31.2 Å². The number of fused-ring (bicyclic) bond motifs is 1. The molecule has 2 heterocycles. The van der Waals surface area contributed by atoms with Gasteiger partial charge in [-0.05, 0) is 30.3 Å². The lowest BCUT2D eigenvalue weighted by Gasteiger charge is -1.98. The Morgan fingerprint density at radius 3 is 2.65 bits per heavy atom. The van der Waals surface area contributed by atoms with Crippen LogP contribution in [0.4, 0.5) is 0 Å². The Bertz CT molecular complexity index is 1180. The third-order valence-corrected chi connectivity index (χ3v) is 4.03. The van der Waals surface area contributed by atoms with Gasteiger partial charge in [0.15, 0.2) is 11.6 Å². The summed E-state index contributed by atoms with van der Waals surface area (Å²) >= 11 is 0. The molecule has 0 saturated carbocycles. The first-order valence-corrected chi connectivity index (χ1v) is 7.64. The summed E-state index contributed by atoms with van der Waals surface area (Å²) in [6.07, 6.45) is 0. The molecule has 0 aliphatic heterocycles. The maximum atomic E-state index is 11.3. The molecule has 0 fully saturated rings. The lowest BCUT2D eigenvalue weighted by atomic mass is 10.1. The van der Waals surface area contributed by atoms with E-state index < -0.39 is 5.91 Å². The number of nitrogens with zero attached hydrogens (tertiary/aromatic N) is 3. The maximum Gasteiger partial charge on any atom is 0.248 e. The van der Waals surface area contributed by atoms with Crippen molar-refractivity contribution < 1.29 is 9.90 Å². The van der Waals surface area contributed by atoms with Crippen molar-refractivity contribution in [2.75, 3.05) is 0 Å². The summed E-state index contributed by atoms with van der Waals surface area (Å²) in [5, 5.41) is 26.3. The van der Waals surface area contributed by atoms with Crippen LogP contribution in [0.25, 0.3) is 33.8 Å². The van der Waals surface area contributed by atoms with Crippen LogP contribution in [-0.2, 0) is 0 Å².